The predicted octanol–water partition coefficient (Wildman–Crippen LogP) is 2.50. The first-order valence-electron chi connectivity index (χ1n) is 8.99. The lowest BCUT2D eigenvalue weighted by Crippen LogP contribution is -2.22. The van der Waals surface area contributed by atoms with Gasteiger partial charge in [0.25, 0.3) is 5.91 Å². The third-order valence-corrected chi connectivity index (χ3v) is 4.40. The molecule has 0 aliphatic rings. The zero-order chi connectivity index (χ0) is 19.2. The van der Waals surface area contributed by atoms with Crippen LogP contribution in [-0.4, -0.2) is 30.2 Å². The van der Waals surface area contributed by atoms with Crippen molar-refractivity contribution in [1.29, 1.82) is 0 Å². The fourth-order valence-corrected chi connectivity index (χ4v) is 2.98. The first-order chi connectivity index (χ1) is 13.8. The van der Waals surface area contributed by atoms with Gasteiger partial charge in [-0.05, 0) is 28.8 Å². The minimum atomic E-state index is -0.0872. The number of rotatable bonds is 7. The van der Waals surface area contributed by atoms with E-state index in [2.05, 4.69) is 26.4 Å². The molecule has 7 heteroatoms. The van der Waals surface area contributed by atoms with E-state index >= 15 is 0 Å². The smallest absolute Gasteiger partial charge is 0.251 e. The molecule has 2 aromatic heterocycles. The van der Waals surface area contributed by atoms with Crippen molar-refractivity contribution >= 4 is 5.91 Å². The second-order valence-corrected chi connectivity index (χ2v) is 6.53. The number of benzene rings is 2. The summed E-state index contributed by atoms with van der Waals surface area (Å²) in [5.74, 6) is -0.0872. The second kappa shape index (κ2) is 8.30. The van der Waals surface area contributed by atoms with Gasteiger partial charge < -0.3 is 9.88 Å². The van der Waals surface area contributed by atoms with Gasteiger partial charge in [0.2, 0.25) is 0 Å². The van der Waals surface area contributed by atoms with Crippen LogP contribution in [0.3, 0.4) is 0 Å². The molecular formula is C21H20N6O. The highest BCUT2D eigenvalue weighted by Crippen LogP contribution is 2.09. The van der Waals surface area contributed by atoms with E-state index in [0.29, 0.717) is 18.7 Å². The van der Waals surface area contributed by atoms with Crippen molar-refractivity contribution in [1.82, 2.24) is 29.6 Å². The Morgan fingerprint density at radius 1 is 0.929 bits per heavy atom. The van der Waals surface area contributed by atoms with Crippen molar-refractivity contribution in [3.8, 4) is 0 Å². The van der Waals surface area contributed by atoms with Gasteiger partial charge in [-0.15, -0.1) is 0 Å². The Balaban J connectivity index is 1.34. The maximum atomic E-state index is 12.4. The van der Waals surface area contributed by atoms with E-state index in [1.807, 2.05) is 53.2 Å². The molecule has 0 atom stereocenters. The van der Waals surface area contributed by atoms with Crippen molar-refractivity contribution < 1.29 is 4.79 Å². The van der Waals surface area contributed by atoms with E-state index < -0.39 is 0 Å². The average molecular weight is 372 g/mol. The Hall–Kier alpha value is -3.74. The van der Waals surface area contributed by atoms with Crippen molar-refractivity contribution in [3.63, 3.8) is 0 Å². The highest BCUT2D eigenvalue weighted by molar-refractivity contribution is 5.94. The fraction of sp³-hybridized carbons (Fsp3) is 0.143. The van der Waals surface area contributed by atoms with Gasteiger partial charge in [0.1, 0.15) is 12.7 Å². The molecule has 2 heterocycles. The summed E-state index contributed by atoms with van der Waals surface area (Å²) in [7, 11) is 0. The number of nitrogens with zero attached hydrogens (tertiary/aromatic N) is 5. The SMILES string of the molecule is O=C(NCc1cccc(Cn2cncn2)c1)c1ccc(Cn2ccnc2)cc1. The number of nitrogens with one attached hydrogen (secondary N) is 1. The molecular weight excluding hydrogens is 352 g/mol. The average Bonchev–Trinajstić information content (AvgIpc) is 3.41. The molecule has 0 aliphatic carbocycles. The third kappa shape index (κ3) is 4.50. The maximum absolute atomic E-state index is 12.4. The monoisotopic (exact) mass is 372 g/mol. The molecule has 0 aliphatic heterocycles. The lowest BCUT2D eigenvalue weighted by molar-refractivity contribution is 0.0951. The summed E-state index contributed by atoms with van der Waals surface area (Å²) < 4.78 is 3.75. The summed E-state index contributed by atoms with van der Waals surface area (Å²) in [6, 6.07) is 15.7. The highest BCUT2D eigenvalue weighted by Gasteiger charge is 2.06. The van der Waals surface area contributed by atoms with Crippen LogP contribution >= 0.6 is 0 Å². The van der Waals surface area contributed by atoms with Crippen molar-refractivity contribution in [3.05, 3.63) is 102 Å². The molecule has 0 spiro atoms. The standard InChI is InChI=1S/C21H20N6O/c28-21(20-6-4-17(5-7-20)12-26-9-8-22-15-26)24-11-18-2-1-3-19(10-18)13-27-16-23-14-25-27/h1-10,14-16H,11-13H2,(H,24,28). The zero-order valence-electron chi connectivity index (χ0n) is 15.3. The lowest BCUT2D eigenvalue weighted by atomic mass is 10.1. The van der Waals surface area contributed by atoms with Crippen LogP contribution in [0.2, 0.25) is 0 Å². The predicted molar refractivity (Wildman–Crippen MR) is 105 cm³/mol. The Bertz CT molecular complexity index is 1020. The second-order valence-electron chi connectivity index (χ2n) is 6.53. The van der Waals surface area contributed by atoms with Gasteiger partial charge in [0.15, 0.2) is 0 Å². The summed E-state index contributed by atoms with van der Waals surface area (Å²) in [5, 5.41) is 7.09. The topological polar surface area (TPSA) is 77.6 Å². The fourth-order valence-electron chi connectivity index (χ4n) is 2.98. The van der Waals surface area contributed by atoms with Crippen LogP contribution in [0.25, 0.3) is 0 Å². The number of amides is 1. The molecule has 4 rings (SSSR count). The Morgan fingerprint density at radius 2 is 1.79 bits per heavy atom. The van der Waals surface area contributed by atoms with Gasteiger partial charge >= 0.3 is 0 Å². The molecule has 2 aromatic carbocycles. The Kier molecular flexibility index (Phi) is 5.24. The maximum Gasteiger partial charge on any atom is 0.251 e. The van der Waals surface area contributed by atoms with Gasteiger partial charge in [-0.3, -0.25) is 4.79 Å². The van der Waals surface area contributed by atoms with Gasteiger partial charge in [0, 0.05) is 31.0 Å². The molecule has 0 saturated carbocycles. The summed E-state index contributed by atoms with van der Waals surface area (Å²) in [6.07, 6.45) is 8.65. The van der Waals surface area contributed by atoms with Crippen LogP contribution in [0.1, 0.15) is 27.0 Å². The number of hydrogen-bond acceptors (Lipinski definition) is 4. The minimum absolute atomic E-state index is 0.0872. The number of imidazole rings is 1. The molecule has 0 radical (unpaired) electrons. The number of carbonyl (C=O) groups excluding carboxylic acids is 1. The molecule has 1 amide bonds. The molecule has 0 fully saturated rings. The van der Waals surface area contributed by atoms with Crippen molar-refractivity contribution in [2.75, 3.05) is 0 Å². The van der Waals surface area contributed by atoms with Crippen LogP contribution in [0.4, 0.5) is 0 Å². The van der Waals surface area contributed by atoms with E-state index in [1.54, 1.807) is 23.5 Å². The number of hydrogen-bond donors (Lipinski definition) is 1. The van der Waals surface area contributed by atoms with E-state index in [-0.39, 0.29) is 5.91 Å². The zero-order valence-corrected chi connectivity index (χ0v) is 15.3. The van der Waals surface area contributed by atoms with Crippen LogP contribution in [-0.2, 0) is 19.6 Å². The third-order valence-electron chi connectivity index (χ3n) is 4.40. The summed E-state index contributed by atoms with van der Waals surface area (Å²) in [4.78, 5) is 20.4. The largest absolute Gasteiger partial charge is 0.348 e. The lowest BCUT2D eigenvalue weighted by Gasteiger charge is -2.08. The van der Waals surface area contributed by atoms with E-state index in [9.17, 15) is 4.79 Å². The van der Waals surface area contributed by atoms with Crippen molar-refractivity contribution in [2.24, 2.45) is 0 Å². The molecule has 28 heavy (non-hydrogen) atoms. The van der Waals surface area contributed by atoms with Gasteiger partial charge in [0.05, 0.1) is 12.9 Å². The van der Waals surface area contributed by atoms with E-state index in [1.165, 1.54) is 6.33 Å². The first kappa shape index (κ1) is 17.7. The number of carbonyl (C=O) groups is 1. The van der Waals surface area contributed by atoms with Gasteiger partial charge in [-0.2, -0.15) is 5.10 Å². The molecule has 7 nitrogen and oxygen atoms in total. The molecule has 140 valence electrons. The molecule has 1 N–H and O–H groups in total. The Morgan fingerprint density at radius 3 is 2.54 bits per heavy atom. The van der Waals surface area contributed by atoms with Crippen LogP contribution < -0.4 is 5.32 Å². The summed E-state index contributed by atoms with van der Waals surface area (Å²) >= 11 is 0. The van der Waals surface area contributed by atoms with Gasteiger partial charge in [-0.25, -0.2) is 14.6 Å². The first-order valence-corrected chi connectivity index (χ1v) is 8.99. The van der Waals surface area contributed by atoms with Crippen LogP contribution in [0.15, 0.2) is 79.9 Å². The van der Waals surface area contributed by atoms with E-state index in [4.69, 9.17) is 0 Å². The van der Waals surface area contributed by atoms with Crippen molar-refractivity contribution in [2.45, 2.75) is 19.6 Å². The normalized spacial score (nSPS) is 10.7. The van der Waals surface area contributed by atoms with E-state index in [0.717, 1.165) is 23.2 Å². The van der Waals surface area contributed by atoms with Gasteiger partial charge in [-0.1, -0.05) is 36.4 Å². The van der Waals surface area contributed by atoms with Crippen LogP contribution in [0, 0.1) is 0 Å². The van der Waals surface area contributed by atoms with Crippen LogP contribution in [0.5, 0.6) is 0 Å². The summed E-state index contributed by atoms with van der Waals surface area (Å²) in [5.41, 5.74) is 3.92. The Labute approximate surface area is 162 Å². The summed E-state index contributed by atoms with van der Waals surface area (Å²) in [6.45, 7) is 1.86. The quantitative estimate of drug-likeness (QED) is 0.541. The molecule has 4 aromatic rings. The highest BCUT2D eigenvalue weighted by atomic mass is 16.1. The molecule has 0 bridgehead atoms. The molecule has 0 unspecified atom stereocenters. The molecule has 0 saturated heterocycles. The minimum Gasteiger partial charge on any atom is -0.348 e. The number of aromatic nitrogens is 5.